The molecule has 1 aromatic carbocycles. The van der Waals surface area contributed by atoms with Gasteiger partial charge in [-0.2, -0.15) is 10.5 Å². The molecule has 0 aliphatic rings. The van der Waals surface area contributed by atoms with Crippen LogP contribution in [0.4, 0.5) is 5.69 Å². The van der Waals surface area contributed by atoms with Crippen molar-refractivity contribution in [2.45, 2.75) is 0 Å². The number of nitrogens with one attached hydrogen (secondary N) is 1. The monoisotopic (exact) mass is 225 g/mol. The highest BCUT2D eigenvalue weighted by molar-refractivity contribution is 5.47. The molecule has 0 spiro atoms. The molecule has 0 bridgehead atoms. The minimum Gasteiger partial charge on any atom is -0.495 e. The number of anilines is 1. The number of benzene rings is 1. The van der Waals surface area contributed by atoms with Gasteiger partial charge in [-0.05, 0) is 18.2 Å². The molecule has 0 aromatic heterocycles. The molecule has 1 N–H and O–H groups in total. The van der Waals surface area contributed by atoms with Gasteiger partial charge < -0.3 is 10.1 Å². The van der Waals surface area contributed by atoms with E-state index >= 15 is 0 Å². The van der Waals surface area contributed by atoms with E-state index in [1.165, 1.54) is 13.2 Å². The van der Waals surface area contributed by atoms with Crippen LogP contribution in [0.2, 0.25) is 0 Å². The van der Waals surface area contributed by atoms with Crippen LogP contribution in [0.15, 0.2) is 53.9 Å². The molecule has 0 aliphatic heterocycles. The lowest BCUT2D eigenvalue weighted by molar-refractivity contribution is 0.305. The lowest BCUT2D eigenvalue weighted by atomic mass is 10.2. The van der Waals surface area contributed by atoms with E-state index in [0.717, 1.165) is 5.69 Å². The highest BCUT2D eigenvalue weighted by Gasteiger charge is 2.01. The zero-order valence-electron chi connectivity index (χ0n) is 9.34. The maximum Gasteiger partial charge on any atom is 0.171 e. The van der Waals surface area contributed by atoms with Crippen molar-refractivity contribution >= 4 is 5.69 Å². The van der Waals surface area contributed by atoms with Crippen LogP contribution in [0.1, 0.15) is 0 Å². The number of nitriles is 2. The fourth-order valence-electron chi connectivity index (χ4n) is 1.14. The number of nitrogens with zero attached hydrogens (tertiary/aromatic N) is 2. The van der Waals surface area contributed by atoms with Crippen LogP contribution in [0.5, 0.6) is 0 Å². The fourth-order valence-corrected chi connectivity index (χ4v) is 1.14. The summed E-state index contributed by atoms with van der Waals surface area (Å²) in [5, 5.41) is 20.4. The molecule has 1 aromatic rings. The van der Waals surface area contributed by atoms with Crippen molar-refractivity contribution in [3.8, 4) is 12.1 Å². The van der Waals surface area contributed by atoms with Gasteiger partial charge in [0.1, 0.15) is 17.9 Å². The van der Waals surface area contributed by atoms with Gasteiger partial charge >= 0.3 is 0 Å². The Morgan fingerprint density at radius 2 is 1.88 bits per heavy atom. The number of hydrogen-bond donors (Lipinski definition) is 1. The molecule has 0 radical (unpaired) electrons. The molecule has 0 atom stereocenters. The summed E-state index contributed by atoms with van der Waals surface area (Å²) in [5.74, 6) is 0.235. The number of hydrogen-bond acceptors (Lipinski definition) is 4. The molecule has 4 nitrogen and oxygen atoms in total. The van der Waals surface area contributed by atoms with Crippen molar-refractivity contribution in [1.29, 1.82) is 10.5 Å². The zero-order valence-corrected chi connectivity index (χ0v) is 9.34. The van der Waals surface area contributed by atoms with E-state index in [1.807, 2.05) is 30.3 Å². The second kappa shape index (κ2) is 6.71. The number of para-hydroxylation sites is 1. The van der Waals surface area contributed by atoms with Crippen LogP contribution in [-0.2, 0) is 4.74 Å². The SMILES string of the molecule is COC(C=CNc1ccccc1)=C(C#N)C#N. The molecular weight excluding hydrogens is 214 g/mol. The van der Waals surface area contributed by atoms with Gasteiger partial charge in [-0.15, -0.1) is 0 Å². The average Bonchev–Trinajstić information content (AvgIpc) is 2.39. The highest BCUT2D eigenvalue weighted by atomic mass is 16.5. The van der Waals surface area contributed by atoms with E-state index in [0.29, 0.717) is 0 Å². The third kappa shape index (κ3) is 3.73. The zero-order chi connectivity index (χ0) is 12.5. The normalized spacial score (nSPS) is 9.12. The van der Waals surface area contributed by atoms with Crippen LogP contribution in [-0.4, -0.2) is 7.11 Å². The van der Waals surface area contributed by atoms with E-state index in [-0.39, 0.29) is 11.3 Å². The van der Waals surface area contributed by atoms with Gasteiger partial charge in [0.2, 0.25) is 0 Å². The Hall–Kier alpha value is -2.72. The Balaban J connectivity index is 2.75. The van der Waals surface area contributed by atoms with Gasteiger partial charge in [0.05, 0.1) is 7.11 Å². The maximum atomic E-state index is 8.68. The molecule has 0 saturated heterocycles. The van der Waals surface area contributed by atoms with Crippen LogP contribution in [0, 0.1) is 22.7 Å². The maximum absolute atomic E-state index is 8.68. The predicted molar refractivity (Wildman–Crippen MR) is 64.5 cm³/mol. The summed E-state index contributed by atoms with van der Waals surface area (Å²) in [6.07, 6.45) is 3.15. The lowest BCUT2D eigenvalue weighted by Gasteiger charge is -2.01. The van der Waals surface area contributed by atoms with Crippen molar-refractivity contribution < 1.29 is 4.74 Å². The number of ether oxygens (including phenoxy) is 1. The molecular formula is C13H11N3O. The van der Waals surface area contributed by atoms with E-state index in [2.05, 4.69) is 5.32 Å². The molecule has 0 heterocycles. The average molecular weight is 225 g/mol. The first kappa shape index (κ1) is 12.4. The molecule has 84 valence electrons. The van der Waals surface area contributed by atoms with Gasteiger partial charge in [0, 0.05) is 11.9 Å². The Labute approximate surface area is 100 Å². The van der Waals surface area contributed by atoms with Gasteiger partial charge in [-0.1, -0.05) is 18.2 Å². The van der Waals surface area contributed by atoms with Crippen molar-refractivity contribution in [3.05, 3.63) is 53.9 Å². The minimum absolute atomic E-state index is 0.0568. The van der Waals surface area contributed by atoms with E-state index < -0.39 is 0 Å². The third-order valence-electron chi connectivity index (χ3n) is 1.95. The first-order valence-electron chi connectivity index (χ1n) is 4.88. The van der Waals surface area contributed by atoms with Gasteiger partial charge in [0.15, 0.2) is 5.57 Å². The minimum atomic E-state index is -0.0568. The largest absolute Gasteiger partial charge is 0.495 e. The van der Waals surface area contributed by atoms with Gasteiger partial charge in [0.25, 0.3) is 0 Å². The first-order valence-corrected chi connectivity index (χ1v) is 4.88. The van der Waals surface area contributed by atoms with Crippen molar-refractivity contribution in [1.82, 2.24) is 0 Å². The Morgan fingerprint density at radius 1 is 1.24 bits per heavy atom. The molecule has 17 heavy (non-hydrogen) atoms. The molecule has 0 unspecified atom stereocenters. The Kier molecular flexibility index (Phi) is 4.87. The number of methoxy groups -OCH3 is 1. The van der Waals surface area contributed by atoms with Crippen molar-refractivity contribution in [2.75, 3.05) is 12.4 Å². The topological polar surface area (TPSA) is 68.8 Å². The second-order valence-corrected chi connectivity index (χ2v) is 3.01. The fraction of sp³-hybridized carbons (Fsp3) is 0.0769. The molecule has 0 saturated carbocycles. The Bertz CT molecular complexity index is 488. The summed E-state index contributed by atoms with van der Waals surface area (Å²) >= 11 is 0. The molecule has 0 fully saturated rings. The van der Waals surface area contributed by atoms with Crippen molar-refractivity contribution in [2.24, 2.45) is 0 Å². The van der Waals surface area contributed by atoms with Crippen LogP contribution >= 0.6 is 0 Å². The van der Waals surface area contributed by atoms with Gasteiger partial charge in [-0.25, -0.2) is 0 Å². The number of allylic oxidation sites excluding steroid dienone is 2. The lowest BCUT2D eigenvalue weighted by Crippen LogP contribution is -1.91. The van der Waals surface area contributed by atoms with Crippen LogP contribution < -0.4 is 5.32 Å². The summed E-state index contributed by atoms with van der Waals surface area (Å²) in [7, 11) is 1.41. The van der Waals surface area contributed by atoms with Crippen LogP contribution in [0.3, 0.4) is 0 Å². The quantitative estimate of drug-likeness (QED) is 0.485. The van der Waals surface area contributed by atoms with E-state index in [4.69, 9.17) is 15.3 Å². The predicted octanol–water partition coefficient (Wildman–Crippen LogP) is 2.56. The van der Waals surface area contributed by atoms with E-state index in [9.17, 15) is 0 Å². The standard InChI is InChI=1S/C13H11N3O/c1-17-13(11(9-14)10-15)7-8-16-12-5-3-2-4-6-12/h2-8,16H,1H3. The summed E-state index contributed by atoms with van der Waals surface area (Å²) < 4.78 is 4.94. The highest BCUT2D eigenvalue weighted by Crippen LogP contribution is 2.08. The van der Waals surface area contributed by atoms with Crippen LogP contribution in [0.25, 0.3) is 0 Å². The second-order valence-electron chi connectivity index (χ2n) is 3.01. The summed E-state index contributed by atoms with van der Waals surface area (Å²) in [4.78, 5) is 0. The summed E-state index contributed by atoms with van der Waals surface area (Å²) in [5.41, 5.74) is 0.855. The Morgan fingerprint density at radius 3 is 2.41 bits per heavy atom. The van der Waals surface area contributed by atoms with Crippen molar-refractivity contribution in [3.63, 3.8) is 0 Å². The molecule has 1 rings (SSSR count). The molecule has 0 aliphatic carbocycles. The summed E-state index contributed by atoms with van der Waals surface area (Å²) in [6, 6.07) is 13.0. The number of rotatable bonds is 4. The first-order chi connectivity index (χ1) is 8.31. The smallest absolute Gasteiger partial charge is 0.171 e. The molecule has 0 amide bonds. The molecule has 4 heteroatoms. The third-order valence-corrected chi connectivity index (χ3v) is 1.95. The van der Waals surface area contributed by atoms with Gasteiger partial charge in [-0.3, -0.25) is 0 Å². The summed E-state index contributed by atoms with van der Waals surface area (Å²) in [6.45, 7) is 0. The van der Waals surface area contributed by atoms with E-state index in [1.54, 1.807) is 18.3 Å².